The summed E-state index contributed by atoms with van der Waals surface area (Å²) in [6, 6.07) is 6.33. The molecule has 3 nitrogen and oxygen atoms in total. The van der Waals surface area contributed by atoms with E-state index in [0.29, 0.717) is 5.95 Å². The highest BCUT2D eigenvalue weighted by Gasteiger charge is 2.18. The minimum Gasteiger partial charge on any atom is -0.369 e. The van der Waals surface area contributed by atoms with E-state index in [0.717, 1.165) is 18.0 Å². The van der Waals surface area contributed by atoms with E-state index in [1.807, 2.05) is 11.8 Å². The van der Waals surface area contributed by atoms with Crippen LogP contribution in [0, 0.1) is 9.49 Å². The number of thioether (sulfide) groups is 1. The van der Waals surface area contributed by atoms with Gasteiger partial charge in [-0.1, -0.05) is 0 Å². The van der Waals surface area contributed by atoms with Gasteiger partial charge in [0.2, 0.25) is 5.95 Å². The zero-order valence-electron chi connectivity index (χ0n) is 9.40. The van der Waals surface area contributed by atoms with E-state index in [-0.39, 0.29) is 0 Å². The van der Waals surface area contributed by atoms with Crippen LogP contribution in [0.2, 0.25) is 0 Å². The van der Waals surface area contributed by atoms with Crippen molar-refractivity contribution >= 4 is 51.3 Å². The van der Waals surface area contributed by atoms with Crippen LogP contribution in [0.3, 0.4) is 0 Å². The molecule has 3 rings (SSSR count). The lowest BCUT2D eigenvalue weighted by Gasteiger charge is -2.11. The van der Waals surface area contributed by atoms with Crippen LogP contribution in [0.25, 0.3) is 11.0 Å². The fourth-order valence-corrected chi connectivity index (χ4v) is 4.05. The van der Waals surface area contributed by atoms with E-state index in [1.165, 1.54) is 27.0 Å². The Bertz CT molecular complexity index is 546. The second-order valence-electron chi connectivity index (χ2n) is 4.44. The van der Waals surface area contributed by atoms with Crippen LogP contribution in [0.15, 0.2) is 18.2 Å². The van der Waals surface area contributed by atoms with Gasteiger partial charge in [-0.15, -0.1) is 0 Å². The smallest absolute Gasteiger partial charge is 0.201 e. The fraction of sp³-hybridized carbons (Fsp3) is 0.417. The first-order chi connectivity index (χ1) is 8.24. The van der Waals surface area contributed by atoms with Crippen molar-refractivity contribution in [3.63, 3.8) is 0 Å². The Morgan fingerprint density at radius 1 is 1.53 bits per heavy atom. The summed E-state index contributed by atoms with van der Waals surface area (Å²) in [5.74, 6) is 3.94. The third-order valence-electron chi connectivity index (χ3n) is 3.20. The predicted molar refractivity (Wildman–Crippen MR) is 82.3 cm³/mol. The van der Waals surface area contributed by atoms with Gasteiger partial charge in [0.05, 0.1) is 11.0 Å². The summed E-state index contributed by atoms with van der Waals surface area (Å²) in [5.41, 5.74) is 8.20. The van der Waals surface area contributed by atoms with Crippen LogP contribution in [0.1, 0.15) is 6.42 Å². The van der Waals surface area contributed by atoms with Gasteiger partial charge >= 0.3 is 0 Å². The van der Waals surface area contributed by atoms with Crippen molar-refractivity contribution in [2.45, 2.75) is 13.0 Å². The largest absolute Gasteiger partial charge is 0.369 e. The number of nitrogens with two attached hydrogens (primary N) is 1. The van der Waals surface area contributed by atoms with Gasteiger partial charge in [0.15, 0.2) is 0 Å². The van der Waals surface area contributed by atoms with Crippen LogP contribution in [-0.2, 0) is 6.54 Å². The zero-order valence-corrected chi connectivity index (χ0v) is 12.4. The second-order valence-corrected chi connectivity index (χ2v) is 6.84. The third-order valence-corrected chi connectivity index (χ3v) is 5.11. The van der Waals surface area contributed by atoms with Crippen LogP contribution >= 0.6 is 34.4 Å². The normalized spacial score (nSPS) is 20.2. The summed E-state index contributed by atoms with van der Waals surface area (Å²) in [6.45, 7) is 1.01. The van der Waals surface area contributed by atoms with Crippen molar-refractivity contribution in [1.29, 1.82) is 0 Å². The first-order valence-corrected chi connectivity index (χ1v) is 7.96. The molecule has 2 heterocycles. The molecular formula is C12H14IN3S. The van der Waals surface area contributed by atoms with E-state index >= 15 is 0 Å². The van der Waals surface area contributed by atoms with Crippen molar-refractivity contribution in [2.75, 3.05) is 17.2 Å². The number of aromatic nitrogens is 2. The number of hydrogen-bond donors (Lipinski definition) is 1. The average Bonchev–Trinajstić information content (AvgIpc) is 2.88. The van der Waals surface area contributed by atoms with Crippen molar-refractivity contribution in [1.82, 2.24) is 9.55 Å². The Morgan fingerprint density at radius 3 is 3.18 bits per heavy atom. The summed E-state index contributed by atoms with van der Waals surface area (Å²) in [4.78, 5) is 4.45. The molecule has 1 atom stereocenters. The summed E-state index contributed by atoms with van der Waals surface area (Å²) >= 11 is 4.35. The van der Waals surface area contributed by atoms with Gasteiger partial charge < -0.3 is 10.3 Å². The molecule has 0 saturated carbocycles. The van der Waals surface area contributed by atoms with Gasteiger partial charge in [0, 0.05) is 10.1 Å². The number of imidazole rings is 1. The lowest BCUT2D eigenvalue weighted by Crippen LogP contribution is -2.12. The first kappa shape index (κ1) is 11.6. The van der Waals surface area contributed by atoms with Crippen molar-refractivity contribution in [2.24, 2.45) is 5.92 Å². The minimum absolute atomic E-state index is 0.652. The maximum atomic E-state index is 6.02. The minimum atomic E-state index is 0.652. The number of halogens is 1. The lowest BCUT2D eigenvalue weighted by atomic mass is 10.1. The lowest BCUT2D eigenvalue weighted by molar-refractivity contribution is 0.505. The average molecular weight is 359 g/mol. The molecule has 1 aliphatic heterocycles. The van der Waals surface area contributed by atoms with E-state index in [2.05, 4.69) is 50.3 Å². The molecule has 1 fully saturated rings. The number of benzene rings is 1. The predicted octanol–water partition coefficient (Wildman–Crippen LogP) is 2.98. The highest BCUT2D eigenvalue weighted by molar-refractivity contribution is 14.1. The molecule has 17 heavy (non-hydrogen) atoms. The quantitative estimate of drug-likeness (QED) is 0.839. The topological polar surface area (TPSA) is 43.8 Å². The number of anilines is 1. The molecule has 2 N–H and O–H groups in total. The molecule has 5 heteroatoms. The monoisotopic (exact) mass is 359 g/mol. The molecule has 0 aliphatic carbocycles. The number of nitrogen functional groups attached to an aromatic ring is 1. The Morgan fingerprint density at radius 2 is 2.41 bits per heavy atom. The number of hydrogen-bond acceptors (Lipinski definition) is 3. The molecule has 1 aromatic carbocycles. The third kappa shape index (κ3) is 2.27. The Labute approximate surface area is 118 Å². The van der Waals surface area contributed by atoms with Crippen molar-refractivity contribution < 1.29 is 0 Å². The number of fused-ring (bicyclic) bond motifs is 1. The summed E-state index contributed by atoms with van der Waals surface area (Å²) in [6.07, 6.45) is 1.30. The first-order valence-electron chi connectivity index (χ1n) is 5.73. The summed E-state index contributed by atoms with van der Waals surface area (Å²) < 4.78 is 3.37. The van der Waals surface area contributed by atoms with Gasteiger partial charge in [-0.3, -0.25) is 0 Å². The van der Waals surface area contributed by atoms with E-state index in [4.69, 9.17) is 5.73 Å². The van der Waals surface area contributed by atoms with Gasteiger partial charge in [-0.2, -0.15) is 11.8 Å². The van der Waals surface area contributed by atoms with E-state index in [1.54, 1.807) is 0 Å². The fourth-order valence-electron chi connectivity index (χ4n) is 2.30. The molecule has 90 valence electrons. The van der Waals surface area contributed by atoms with Gasteiger partial charge in [0.1, 0.15) is 0 Å². The van der Waals surface area contributed by atoms with E-state index in [9.17, 15) is 0 Å². The standard InChI is InChI=1S/C12H14IN3S/c13-9-1-2-11-10(5-9)15-12(14)16(11)6-8-3-4-17-7-8/h1-2,5,8H,3-4,6-7H2,(H2,14,15). The highest BCUT2D eigenvalue weighted by Crippen LogP contribution is 2.28. The molecule has 1 aliphatic rings. The van der Waals surface area contributed by atoms with E-state index < -0.39 is 0 Å². The van der Waals surface area contributed by atoms with Crippen LogP contribution in [0.4, 0.5) is 5.95 Å². The Balaban J connectivity index is 1.99. The summed E-state index contributed by atoms with van der Waals surface area (Å²) in [5, 5.41) is 0. The van der Waals surface area contributed by atoms with Crippen LogP contribution in [-0.4, -0.2) is 21.1 Å². The molecule has 2 aromatic rings. The van der Waals surface area contributed by atoms with Crippen LogP contribution < -0.4 is 5.73 Å². The zero-order chi connectivity index (χ0) is 11.8. The molecule has 0 bridgehead atoms. The van der Waals surface area contributed by atoms with Gasteiger partial charge in [-0.25, -0.2) is 4.98 Å². The highest BCUT2D eigenvalue weighted by atomic mass is 127. The molecular weight excluding hydrogens is 345 g/mol. The SMILES string of the molecule is Nc1nc2cc(I)ccc2n1CC1CCSC1. The maximum absolute atomic E-state index is 6.02. The Kier molecular flexibility index (Phi) is 3.21. The molecule has 1 unspecified atom stereocenters. The number of nitrogens with zero attached hydrogens (tertiary/aromatic N) is 2. The van der Waals surface area contributed by atoms with Crippen LogP contribution in [0.5, 0.6) is 0 Å². The summed E-state index contributed by atoms with van der Waals surface area (Å²) in [7, 11) is 0. The second kappa shape index (κ2) is 4.68. The maximum Gasteiger partial charge on any atom is 0.201 e. The number of rotatable bonds is 2. The van der Waals surface area contributed by atoms with Gasteiger partial charge in [-0.05, 0) is 64.6 Å². The molecule has 0 spiro atoms. The van der Waals surface area contributed by atoms with Crippen molar-refractivity contribution in [3.8, 4) is 0 Å². The van der Waals surface area contributed by atoms with Crippen molar-refractivity contribution in [3.05, 3.63) is 21.8 Å². The molecule has 1 saturated heterocycles. The van der Waals surface area contributed by atoms with Gasteiger partial charge in [0.25, 0.3) is 0 Å². The molecule has 1 aromatic heterocycles. The molecule has 0 amide bonds. The Hall–Kier alpha value is -0.430. The molecule has 0 radical (unpaired) electrons.